The van der Waals surface area contributed by atoms with Crippen molar-refractivity contribution in [3.05, 3.63) is 23.9 Å². The van der Waals surface area contributed by atoms with Crippen LogP contribution >= 0.6 is 0 Å². The van der Waals surface area contributed by atoms with E-state index in [1.807, 2.05) is 25.1 Å². The predicted octanol–water partition coefficient (Wildman–Crippen LogP) is 0.947. The lowest BCUT2D eigenvalue weighted by Gasteiger charge is -2.09. The highest BCUT2D eigenvalue weighted by molar-refractivity contribution is 7.84. The number of hydrogen-bond donors (Lipinski definition) is 1. The molecule has 1 heterocycles. The van der Waals surface area contributed by atoms with E-state index < -0.39 is 10.8 Å². The summed E-state index contributed by atoms with van der Waals surface area (Å²) in [6, 6.07) is 5.65. The van der Waals surface area contributed by atoms with Crippen molar-refractivity contribution in [3.63, 3.8) is 0 Å². The molecule has 0 bridgehead atoms. The van der Waals surface area contributed by atoms with E-state index in [0.717, 1.165) is 12.2 Å². The van der Waals surface area contributed by atoms with Gasteiger partial charge in [-0.05, 0) is 13.0 Å². The van der Waals surface area contributed by atoms with Gasteiger partial charge in [-0.15, -0.1) is 0 Å². The molecule has 0 amide bonds. The van der Waals surface area contributed by atoms with Crippen LogP contribution in [0.25, 0.3) is 0 Å². The normalized spacial score (nSPS) is 14.4. The number of aromatic nitrogens is 1. The minimum absolute atomic E-state index is 0.158. The van der Waals surface area contributed by atoms with Gasteiger partial charge in [0, 0.05) is 41.5 Å². The molecule has 0 fully saturated rings. The van der Waals surface area contributed by atoms with Gasteiger partial charge in [-0.25, -0.2) is 4.98 Å². The van der Waals surface area contributed by atoms with Crippen LogP contribution in [0.1, 0.15) is 12.6 Å². The zero-order chi connectivity index (χ0) is 12.0. The van der Waals surface area contributed by atoms with E-state index in [1.54, 1.807) is 13.4 Å². The third kappa shape index (κ3) is 4.28. The topological polar surface area (TPSA) is 51.2 Å². The fourth-order valence-corrected chi connectivity index (χ4v) is 1.54. The van der Waals surface area contributed by atoms with Crippen molar-refractivity contribution < 1.29 is 8.95 Å². The summed E-state index contributed by atoms with van der Waals surface area (Å²) < 4.78 is 16.2. The molecule has 4 nitrogen and oxygen atoms in total. The van der Waals surface area contributed by atoms with E-state index >= 15 is 0 Å². The van der Waals surface area contributed by atoms with Crippen LogP contribution in [0.4, 0.5) is 0 Å². The molecule has 1 N–H and O–H groups in total. The van der Waals surface area contributed by atoms with Crippen molar-refractivity contribution in [2.75, 3.05) is 19.9 Å². The van der Waals surface area contributed by atoms with Crippen LogP contribution in [0.2, 0.25) is 0 Å². The minimum Gasteiger partial charge on any atom is -0.481 e. The van der Waals surface area contributed by atoms with Gasteiger partial charge in [-0.1, -0.05) is 6.07 Å². The van der Waals surface area contributed by atoms with Gasteiger partial charge in [0.1, 0.15) is 0 Å². The van der Waals surface area contributed by atoms with E-state index in [0.29, 0.717) is 12.4 Å². The molecule has 0 radical (unpaired) electrons. The maximum Gasteiger partial charge on any atom is 0.213 e. The first-order chi connectivity index (χ1) is 7.63. The van der Waals surface area contributed by atoms with Crippen molar-refractivity contribution in [1.29, 1.82) is 0 Å². The van der Waals surface area contributed by atoms with Crippen molar-refractivity contribution in [2.24, 2.45) is 0 Å². The molecular weight excluding hydrogens is 224 g/mol. The van der Waals surface area contributed by atoms with Crippen LogP contribution in [0.5, 0.6) is 5.88 Å². The summed E-state index contributed by atoms with van der Waals surface area (Å²) in [7, 11) is 0.817. The SMILES string of the molecule is COc1cccc(CNCC(C)S(C)=O)n1. The fraction of sp³-hybridized carbons (Fsp3) is 0.545. The smallest absolute Gasteiger partial charge is 0.213 e. The molecule has 0 saturated heterocycles. The standard InChI is InChI=1S/C11H18N2O2S/c1-9(16(3)14)7-12-8-10-5-4-6-11(13-10)15-2/h4-6,9,12H,7-8H2,1-3H3. The van der Waals surface area contributed by atoms with Crippen molar-refractivity contribution >= 4 is 10.8 Å². The van der Waals surface area contributed by atoms with Crippen LogP contribution in [-0.2, 0) is 17.3 Å². The number of hydrogen-bond acceptors (Lipinski definition) is 4. The Balaban J connectivity index is 2.39. The molecule has 0 aliphatic carbocycles. The number of pyridine rings is 1. The lowest BCUT2D eigenvalue weighted by atomic mass is 10.3. The Morgan fingerprint density at radius 3 is 2.94 bits per heavy atom. The molecule has 0 spiro atoms. The number of nitrogens with one attached hydrogen (secondary N) is 1. The third-order valence-electron chi connectivity index (χ3n) is 2.29. The maximum absolute atomic E-state index is 11.1. The van der Waals surface area contributed by atoms with Gasteiger partial charge in [0.15, 0.2) is 0 Å². The van der Waals surface area contributed by atoms with Gasteiger partial charge in [0.25, 0.3) is 0 Å². The predicted molar refractivity (Wildman–Crippen MR) is 66.0 cm³/mol. The van der Waals surface area contributed by atoms with E-state index in [4.69, 9.17) is 4.74 Å². The summed E-state index contributed by atoms with van der Waals surface area (Å²) in [4.78, 5) is 4.27. The lowest BCUT2D eigenvalue weighted by Crippen LogP contribution is -2.27. The van der Waals surface area contributed by atoms with Crippen LogP contribution < -0.4 is 10.1 Å². The first-order valence-corrected chi connectivity index (χ1v) is 6.78. The molecule has 0 saturated carbocycles. The van der Waals surface area contributed by atoms with Crippen LogP contribution in [0.3, 0.4) is 0 Å². The Morgan fingerprint density at radius 1 is 1.56 bits per heavy atom. The van der Waals surface area contributed by atoms with Gasteiger partial charge < -0.3 is 10.1 Å². The third-order valence-corrected chi connectivity index (χ3v) is 3.59. The first-order valence-electron chi connectivity index (χ1n) is 5.16. The Labute approximate surface area is 98.9 Å². The molecule has 1 rings (SSSR count). The highest BCUT2D eigenvalue weighted by Crippen LogP contribution is 2.06. The van der Waals surface area contributed by atoms with Crippen molar-refractivity contribution in [1.82, 2.24) is 10.3 Å². The molecule has 2 unspecified atom stereocenters. The molecule has 16 heavy (non-hydrogen) atoms. The molecule has 1 aromatic rings. The number of nitrogens with zero attached hydrogens (tertiary/aromatic N) is 1. The van der Waals surface area contributed by atoms with E-state index in [9.17, 15) is 4.21 Å². The number of methoxy groups -OCH3 is 1. The van der Waals surface area contributed by atoms with E-state index in [1.165, 1.54) is 0 Å². The largest absolute Gasteiger partial charge is 0.481 e. The average molecular weight is 242 g/mol. The first kappa shape index (κ1) is 13.1. The zero-order valence-electron chi connectivity index (χ0n) is 9.90. The summed E-state index contributed by atoms with van der Waals surface area (Å²) in [5.74, 6) is 0.617. The monoisotopic (exact) mass is 242 g/mol. The van der Waals surface area contributed by atoms with Gasteiger partial charge in [-0.2, -0.15) is 0 Å². The minimum atomic E-state index is -0.782. The molecule has 0 aliphatic rings. The molecule has 0 aromatic carbocycles. The van der Waals surface area contributed by atoms with Crippen LogP contribution in [0, 0.1) is 0 Å². The Morgan fingerprint density at radius 2 is 2.31 bits per heavy atom. The van der Waals surface area contributed by atoms with E-state index in [2.05, 4.69) is 10.3 Å². The summed E-state index contributed by atoms with van der Waals surface area (Å²) >= 11 is 0. The van der Waals surface area contributed by atoms with Crippen molar-refractivity contribution in [3.8, 4) is 5.88 Å². The van der Waals surface area contributed by atoms with Gasteiger partial charge in [0.05, 0.1) is 12.8 Å². The number of rotatable bonds is 6. The Kier molecular flexibility index (Phi) is 5.42. The highest BCUT2D eigenvalue weighted by Gasteiger charge is 2.05. The van der Waals surface area contributed by atoms with E-state index in [-0.39, 0.29) is 5.25 Å². The van der Waals surface area contributed by atoms with Gasteiger partial charge in [0.2, 0.25) is 5.88 Å². The maximum atomic E-state index is 11.1. The average Bonchev–Trinajstić information content (AvgIpc) is 2.29. The second kappa shape index (κ2) is 6.60. The van der Waals surface area contributed by atoms with Gasteiger partial charge >= 0.3 is 0 Å². The molecule has 2 atom stereocenters. The molecule has 90 valence electrons. The van der Waals surface area contributed by atoms with Crippen molar-refractivity contribution in [2.45, 2.75) is 18.7 Å². The van der Waals surface area contributed by atoms with Crippen LogP contribution in [-0.4, -0.2) is 34.4 Å². The summed E-state index contributed by atoms with van der Waals surface area (Å²) in [5.41, 5.74) is 0.924. The second-order valence-corrected chi connectivity index (χ2v) is 5.41. The second-order valence-electron chi connectivity index (χ2n) is 3.61. The molecule has 0 aliphatic heterocycles. The fourth-order valence-electron chi connectivity index (χ4n) is 1.19. The molecule has 5 heteroatoms. The molecule has 1 aromatic heterocycles. The van der Waals surface area contributed by atoms with Crippen LogP contribution in [0.15, 0.2) is 18.2 Å². The molecular formula is C11H18N2O2S. The van der Waals surface area contributed by atoms with Gasteiger partial charge in [-0.3, -0.25) is 4.21 Å². The zero-order valence-corrected chi connectivity index (χ0v) is 10.7. The quantitative estimate of drug-likeness (QED) is 0.807. The summed E-state index contributed by atoms with van der Waals surface area (Å²) in [5, 5.41) is 3.38. The highest BCUT2D eigenvalue weighted by atomic mass is 32.2. The Hall–Kier alpha value is -0.940. The Bertz CT molecular complexity index is 358. The summed E-state index contributed by atoms with van der Waals surface area (Å²) in [6.45, 7) is 3.35. The lowest BCUT2D eigenvalue weighted by molar-refractivity contribution is 0.395. The summed E-state index contributed by atoms with van der Waals surface area (Å²) in [6.07, 6.45) is 1.72. The number of ether oxygens (including phenoxy) is 1.